The van der Waals surface area contributed by atoms with E-state index in [0.29, 0.717) is 18.1 Å². The molecular formula is C15H20OS. The van der Waals surface area contributed by atoms with Crippen LogP contribution in [0.4, 0.5) is 0 Å². The van der Waals surface area contributed by atoms with Crippen molar-refractivity contribution in [1.29, 1.82) is 0 Å². The third-order valence-corrected chi connectivity index (χ3v) is 5.67. The van der Waals surface area contributed by atoms with Gasteiger partial charge in [-0.1, -0.05) is 19.8 Å². The van der Waals surface area contributed by atoms with Crippen molar-refractivity contribution >= 4 is 17.1 Å². The molecule has 2 atom stereocenters. The molecule has 2 aliphatic rings. The summed E-state index contributed by atoms with van der Waals surface area (Å²) in [6, 6.07) is 4.32. The highest BCUT2D eigenvalue weighted by Crippen LogP contribution is 2.56. The van der Waals surface area contributed by atoms with Gasteiger partial charge >= 0.3 is 0 Å². The Morgan fingerprint density at radius 2 is 1.88 bits per heavy atom. The Kier molecular flexibility index (Phi) is 3.08. The molecule has 0 bridgehead atoms. The van der Waals surface area contributed by atoms with Gasteiger partial charge in [0, 0.05) is 22.1 Å². The summed E-state index contributed by atoms with van der Waals surface area (Å²) in [7, 11) is 0. The molecule has 1 nitrogen and oxygen atoms in total. The Balaban J connectivity index is 1.60. The summed E-state index contributed by atoms with van der Waals surface area (Å²) in [4.78, 5) is 14.9. The molecule has 0 aliphatic heterocycles. The number of rotatable bonds is 4. The van der Waals surface area contributed by atoms with Crippen LogP contribution in [-0.4, -0.2) is 5.78 Å². The van der Waals surface area contributed by atoms with E-state index in [-0.39, 0.29) is 0 Å². The van der Waals surface area contributed by atoms with Crippen molar-refractivity contribution in [2.24, 2.45) is 17.8 Å². The average Bonchev–Trinajstić information content (AvgIpc) is 2.92. The van der Waals surface area contributed by atoms with E-state index in [4.69, 9.17) is 0 Å². The number of aryl methyl sites for hydroxylation is 1. The number of Topliss-reactive ketones (excluding diaryl/α,β-unsaturated/α-hetero) is 1. The van der Waals surface area contributed by atoms with Crippen LogP contribution in [0.3, 0.4) is 0 Å². The lowest BCUT2D eigenvalue weighted by Crippen LogP contribution is -2.06. The minimum Gasteiger partial charge on any atom is -0.299 e. The number of carbonyl (C=O) groups is 1. The second-order valence-electron chi connectivity index (χ2n) is 5.50. The molecule has 0 N–H and O–H groups in total. The Morgan fingerprint density at radius 1 is 1.24 bits per heavy atom. The maximum absolute atomic E-state index is 12.2. The van der Waals surface area contributed by atoms with Crippen LogP contribution in [-0.2, 0) is 17.6 Å². The molecule has 2 aliphatic carbocycles. The van der Waals surface area contributed by atoms with E-state index in [2.05, 4.69) is 19.1 Å². The zero-order chi connectivity index (χ0) is 11.8. The molecule has 2 fully saturated rings. The van der Waals surface area contributed by atoms with E-state index in [1.807, 2.05) is 11.3 Å². The first kappa shape index (κ1) is 11.5. The minimum atomic E-state index is 0.435. The van der Waals surface area contributed by atoms with Gasteiger partial charge in [0.1, 0.15) is 5.78 Å². The van der Waals surface area contributed by atoms with Gasteiger partial charge in [-0.05, 0) is 43.2 Å². The molecule has 1 heterocycles. The van der Waals surface area contributed by atoms with Crippen LogP contribution in [0.25, 0.3) is 0 Å². The first-order valence-corrected chi connectivity index (χ1v) is 7.71. The monoisotopic (exact) mass is 248 g/mol. The van der Waals surface area contributed by atoms with Crippen molar-refractivity contribution in [2.75, 3.05) is 0 Å². The topological polar surface area (TPSA) is 17.1 Å². The second kappa shape index (κ2) is 4.56. The number of carbonyl (C=O) groups excluding carboxylic acids is 1. The highest BCUT2D eigenvalue weighted by atomic mass is 32.1. The largest absolute Gasteiger partial charge is 0.299 e. The number of ketones is 1. The van der Waals surface area contributed by atoms with E-state index in [1.165, 1.54) is 35.4 Å². The molecule has 0 saturated heterocycles. The van der Waals surface area contributed by atoms with Gasteiger partial charge in [0.25, 0.3) is 0 Å². The van der Waals surface area contributed by atoms with Crippen molar-refractivity contribution in [2.45, 2.75) is 45.4 Å². The molecule has 0 aromatic carbocycles. The quantitative estimate of drug-likeness (QED) is 0.791. The zero-order valence-electron chi connectivity index (χ0n) is 10.4. The van der Waals surface area contributed by atoms with Gasteiger partial charge in [0.05, 0.1) is 0 Å². The van der Waals surface area contributed by atoms with Crippen molar-refractivity contribution in [3.8, 4) is 0 Å². The standard InChI is InChI=1S/C15H20OS/c1-2-10-7-8-11(17-10)9-14(16)15-12-5-3-4-6-13(12)15/h7-8,12-13,15H,2-6,9H2,1H3. The summed E-state index contributed by atoms with van der Waals surface area (Å²) in [5.41, 5.74) is 0. The van der Waals surface area contributed by atoms with Crippen LogP contribution in [0.2, 0.25) is 0 Å². The summed E-state index contributed by atoms with van der Waals surface area (Å²) in [5.74, 6) is 2.49. The SMILES string of the molecule is CCc1ccc(CC(=O)C2C3CCCCC32)s1. The Labute approximate surface area is 107 Å². The fourth-order valence-corrected chi connectivity index (χ4v) is 4.43. The van der Waals surface area contributed by atoms with E-state index in [9.17, 15) is 4.79 Å². The Morgan fingerprint density at radius 3 is 2.47 bits per heavy atom. The normalized spacial score (nSPS) is 31.0. The average molecular weight is 248 g/mol. The number of hydrogen-bond acceptors (Lipinski definition) is 2. The number of hydrogen-bond donors (Lipinski definition) is 0. The van der Waals surface area contributed by atoms with Crippen molar-refractivity contribution in [3.05, 3.63) is 21.9 Å². The minimum absolute atomic E-state index is 0.435. The molecule has 1 aromatic rings. The first-order chi connectivity index (χ1) is 8.29. The van der Waals surface area contributed by atoms with Crippen LogP contribution in [0, 0.1) is 17.8 Å². The van der Waals surface area contributed by atoms with Crippen LogP contribution < -0.4 is 0 Å². The zero-order valence-corrected chi connectivity index (χ0v) is 11.3. The van der Waals surface area contributed by atoms with Crippen LogP contribution in [0.15, 0.2) is 12.1 Å². The molecular weight excluding hydrogens is 228 g/mol. The predicted octanol–water partition coefficient (Wildman–Crippen LogP) is 3.86. The fourth-order valence-electron chi connectivity index (χ4n) is 3.47. The second-order valence-corrected chi connectivity index (χ2v) is 6.76. The molecule has 0 amide bonds. The smallest absolute Gasteiger partial charge is 0.141 e. The van der Waals surface area contributed by atoms with E-state index < -0.39 is 0 Å². The van der Waals surface area contributed by atoms with Gasteiger partial charge in [-0.3, -0.25) is 4.79 Å². The molecule has 0 spiro atoms. The molecule has 17 heavy (non-hydrogen) atoms. The lowest BCUT2D eigenvalue weighted by Gasteiger charge is -2.04. The summed E-state index contributed by atoms with van der Waals surface area (Å²) >= 11 is 1.82. The van der Waals surface area contributed by atoms with Gasteiger partial charge in [0.2, 0.25) is 0 Å². The van der Waals surface area contributed by atoms with Crippen LogP contribution in [0.1, 0.15) is 42.4 Å². The number of fused-ring (bicyclic) bond motifs is 1. The lowest BCUT2D eigenvalue weighted by atomic mass is 10.0. The first-order valence-electron chi connectivity index (χ1n) is 6.90. The van der Waals surface area contributed by atoms with E-state index >= 15 is 0 Å². The van der Waals surface area contributed by atoms with Gasteiger partial charge in [-0.25, -0.2) is 0 Å². The summed E-state index contributed by atoms with van der Waals surface area (Å²) < 4.78 is 0. The Bertz CT molecular complexity index is 408. The molecule has 3 rings (SSSR count). The molecule has 1 aromatic heterocycles. The van der Waals surface area contributed by atoms with Gasteiger partial charge in [-0.15, -0.1) is 11.3 Å². The van der Waals surface area contributed by atoms with Crippen molar-refractivity contribution in [1.82, 2.24) is 0 Å². The highest BCUT2D eigenvalue weighted by Gasteiger charge is 2.53. The summed E-state index contributed by atoms with van der Waals surface area (Å²) in [6.07, 6.45) is 7.11. The summed E-state index contributed by atoms with van der Waals surface area (Å²) in [5, 5.41) is 0. The molecule has 2 saturated carbocycles. The van der Waals surface area contributed by atoms with Crippen LogP contribution >= 0.6 is 11.3 Å². The fraction of sp³-hybridized carbons (Fsp3) is 0.667. The lowest BCUT2D eigenvalue weighted by molar-refractivity contribution is -0.120. The van der Waals surface area contributed by atoms with Crippen LogP contribution in [0.5, 0.6) is 0 Å². The maximum Gasteiger partial charge on any atom is 0.141 e. The van der Waals surface area contributed by atoms with Gasteiger partial charge in [-0.2, -0.15) is 0 Å². The predicted molar refractivity (Wildman–Crippen MR) is 71.3 cm³/mol. The van der Waals surface area contributed by atoms with Crippen molar-refractivity contribution < 1.29 is 4.79 Å². The van der Waals surface area contributed by atoms with Gasteiger partial charge in [0.15, 0.2) is 0 Å². The van der Waals surface area contributed by atoms with E-state index in [1.54, 1.807) is 0 Å². The van der Waals surface area contributed by atoms with Crippen molar-refractivity contribution in [3.63, 3.8) is 0 Å². The Hall–Kier alpha value is -0.630. The van der Waals surface area contributed by atoms with Gasteiger partial charge < -0.3 is 0 Å². The molecule has 2 heteroatoms. The third kappa shape index (κ3) is 2.20. The van der Waals surface area contributed by atoms with E-state index in [0.717, 1.165) is 18.3 Å². The summed E-state index contributed by atoms with van der Waals surface area (Å²) in [6.45, 7) is 2.17. The third-order valence-electron chi connectivity index (χ3n) is 4.44. The maximum atomic E-state index is 12.2. The number of thiophene rings is 1. The molecule has 2 unspecified atom stereocenters. The molecule has 0 radical (unpaired) electrons. The highest BCUT2D eigenvalue weighted by molar-refractivity contribution is 7.12. The molecule has 92 valence electrons.